The highest BCUT2D eigenvalue weighted by molar-refractivity contribution is 6.14. The van der Waals surface area contributed by atoms with Crippen LogP contribution in [0.2, 0.25) is 0 Å². The van der Waals surface area contributed by atoms with Gasteiger partial charge in [0.15, 0.2) is 0 Å². The number of rotatable bonds is 5. The van der Waals surface area contributed by atoms with Gasteiger partial charge in [-0.1, -0.05) is 48.0 Å². The monoisotopic (exact) mass is 294 g/mol. The zero-order valence-corrected chi connectivity index (χ0v) is 14.4. The number of aryl methyl sites for hydroxylation is 3. The molecule has 2 aromatic rings. The van der Waals surface area contributed by atoms with E-state index in [1.807, 2.05) is 0 Å². The fourth-order valence-electron chi connectivity index (χ4n) is 2.83. The van der Waals surface area contributed by atoms with Gasteiger partial charge in [0, 0.05) is 17.7 Å². The Labute approximate surface area is 134 Å². The molecule has 0 aliphatic carbocycles. The minimum absolute atomic E-state index is 0.810. The number of hydrogen-bond acceptors (Lipinski definition) is 2. The molecule has 0 N–H and O–H groups in total. The van der Waals surface area contributed by atoms with E-state index < -0.39 is 0 Å². The van der Waals surface area contributed by atoms with Gasteiger partial charge < -0.3 is 4.90 Å². The number of benzene rings is 2. The minimum atomic E-state index is 0.810. The summed E-state index contributed by atoms with van der Waals surface area (Å²) in [6.07, 6.45) is 0. The third-order valence-electron chi connectivity index (χ3n) is 3.78. The first-order valence-corrected chi connectivity index (χ1v) is 7.82. The molecule has 2 nitrogen and oxygen atoms in total. The second kappa shape index (κ2) is 7.37. The Balaban J connectivity index is 2.50. The quantitative estimate of drug-likeness (QED) is 0.761. The van der Waals surface area contributed by atoms with Crippen molar-refractivity contribution >= 4 is 5.71 Å². The van der Waals surface area contributed by atoms with Crippen LogP contribution in [0.4, 0.5) is 0 Å². The Morgan fingerprint density at radius 2 is 1.55 bits per heavy atom. The van der Waals surface area contributed by atoms with Crippen LogP contribution >= 0.6 is 0 Å². The maximum absolute atomic E-state index is 4.93. The fraction of sp³-hybridized carbons (Fsp3) is 0.350. The highest BCUT2D eigenvalue weighted by Gasteiger charge is 2.12. The zero-order valence-electron chi connectivity index (χ0n) is 14.4. The van der Waals surface area contributed by atoms with Gasteiger partial charge in [-0.25, -0.2) is 0 Å². The molecule has 2 heteroatoms. The van der Waals surface area contributed by atoms with Crippen molar-refractivity contribution in [2.45, 2.75) is 20.8 Å². The van der Waals surface area contributed by atoms with E-state index in [9.17, 15) is 0 Å². The molecular weight excluding hydrogens is 268 g/mol. The van der Waals surface area contributed by atoms with E-state index in [2.05, 4.69) is 82.2 Å². The van der Waals surface area contributed by atoms with Crippen LogP contribution in [-0.2, 0) is 0 Å². The van der Waals surface area contributed by atoms with Crippen molar-refractivity contribution in [3.8, 4) is 0 Å². The van der Waals surface area contributed by atoms with Crippen LogP contribution in [0.1, 0.15) is 27.8 Å². The molecule has 0 saturated carbocycles. The van der Waals surface area contributed by atoms with Crippen LogP contribution in [0.15, 0.2) is 47.5 Å². The Hall–Kier alpha value is -1.93. The van der Waals surface area contributed by atoms with Crippen molar-refractivity contribution < 1.29 is 0 Å². The predicted octanol–water partition coefficient (Wildman–Crippen LogP) is 4.01. The molecule has 0 unspecified atom stereocenters. The Morgan fingerprint density at radius 3 is 2.09 bits per heavy atom. The van der Waals surface area contributed by atoms with Gasteiger partial charge in [-0.05, 0) is 46.0 Å². The standard InChI is InChI=1S/C20H26N2/c1-15-13-16(2)19(17(3)14-15)20(21-11-12-22(4)5)18-9-7-6-8-10-18/h6-10,13-14H,11-12H2,1-5H3. The molecule has 0 aliphatic rings. The second-order valence-corrected chi connectivity index (χ2v) is 6.17. The van der Waals surface area contributed by atoms with E-state index in [1.54, 1.807) is 0 Å². The largest absolute Gasteiger partial charge is 0.308 e. The van der Waals surface area contributed by atoms with Gasteiger partial charge in [0.1, 0.15) is 0 Å². The second-order valence-electron chi connectivity index (χ2n) is 6.17. The lowest BCUT2D eigenvalue weighted by molar-refractivity contribution is 0.420. The summed E-state index contributed by atoms with van der Waals surface area (Å²) in [6, 6.07) is 15.0. The molecule has 2 aromatic carbocycles. The smallest absolute Gasteiger partial charge is 0.0724 e. The third kappa shape index (κ3) is 4.05. The Morgan fingerprint density at radius 1 is 0.955 bits per heavy atom. The van der Waals surface area contributed by atoms with Crippen molar-refractivity contribution in [1.82, 2.24) is 4.90 Å². The SMILES string of the molecule is Cc1cc(C)c(C(=NCCN(C)C)c2ccccc2)c(C)c1. The van der Waals surface area contributed by atoms with Crippen LogP contribution in [0.5, 0.6) is 0 Å². The minimum Gasteiger partial charge on any atom is -0.308 e. The molecular formula is C20H26N2. The molecule has 0 atom stereocenters. The molecule has 22 heavy (non-hydrogen) atoms. The van der Waals surface area contributed by atoms with Gasteiger partial charge in [0.2, 0.25) is 0 Å². The molecule has 0 fully saturated rings. The first kappa shape index (κ1) is 16.4. The van der Waals surface area contributed by atoms with Gasteiger partial charge in [-0.3, -0.25) is 4.99 Å². The van der Waals surface area contributed by atoms with Crippen LogP contribution in [-0.4, -0.2) is 37.8 Å². The average Bonchev–Trinajstić information content (AvgIpc) is 2.45. The number of likely N-dealkylation sites (N-methyl/N-ethyl adjacent to an activating group) is 1. The van der Waals surface area contributed by atoms with Gasteiger partial charge in [0.05, 0.1) is 12.3 Å². The van der Waals surface area contributed by atoms with Crippen LogP contribution in [0.25, 0.3) is 0 Å². The summed E-state index contributed by atoms with van der Waals surface area (Å²) in [4.78, 5) is 7.10. The molecule has 0 radical (unpaired) electrons. The lowest BCUT2D eigenvalue weighted by atomic mass is 9.92. The summed E-state index contributed by atoms with van der Waals surface area (Å²) in [7, 11) is 4.17. The van der Waals surface area contributed by atoms with Crippen LogP contribution in [0, 0.1) is 20.8 Å². The van der Waals surface area contributed by atoms with Crippen molar-refractivity contribution in [3.63, 3.8) is 0 Å². The highest BCUT2D eigenvalue weighted by Crippen LogP contribution is 2.21. The van der Waals surface area contributed by atoms with E-state index in [0.29, 0.717) is 0 Å². The predicted molar refractivity (Wildman–Crippen MR) is 96.2 cm³/mol. The van der Waals surface area contributed by atoms with Crippen molar-refractivity contribution in [3.05, 3.63) is 70.3 Å². The van der Waals surface area contributed by atoms with Crippen molar-refractivity contribution in [2.75, 3.05) is 27.2 Å². The van der Waals surface area contributed by atoms with E-state index in [0.717, 1.165) is 18.8 Å². The topological polar surface area (TPSA) is 15.6 Å². The van der Waals surface area contributed by atoms with E-state index in [4.69, 9.17) is 4.99 Å². The van der Waals surface area contributed by atoms with E-state index >= 15 is 0 Å². The average molecular weight is 294 g/mol. The molecule has 0 amide bonds. The summed E-state index contributed by atoms with van der Waals surface area (Å²) in [5.74, 6) is 0. The molecule has 0 heterocycles. The van der Waals surface area contributed by atoms with E-state index in [1.165, 1.54) is 27.8 Å². The fourth-order valence-corrected chi connectivity index (χ4v) is 2.83. The summed E-state index contributed by atoms with van der Waals surface area (Å²) in [6.45, 7) is 8.28. The lowest BCUT2D eigenvalue weighted by Gasteiger charge is -2.15. The molecule has 0 bridgehead atoms. The molecule has 0 saturated heterocycles. The summed E-state index contributed by atoms with van der Waals surface area (Å²) in [5.41, 5.74) is 7.47. The Bertz CT molecular complexity index is 632. The number of aliphatic imine (C=N–C) groups is 1. The maximum Gasteiger partial charge on any atom is 0.0724 e. The van der Waals surface area contributed by atoms with Crippen LogP contribution in [0.3, 0.4) is 0 Å². The van der Waals surface area contributed by atoms with Gasteiger partial charge in [-0.15, -0.1) is 0 Å². The highest BCUT2D eigenvalue weighted by atomic mass is 15.1. The van der Waals surface area contributed by atoms with Gasteiger partial charge in [0.25, 0.3) is 0 Å². The molecule has 2 rings (SSSR count). The lowest BCUT2D eigenvalue weighted by Crippen LogP contribution is -2.17. The molecule has 0 aliphatic heterocycles. The molecule has 116 valence electrons. The first-order valence-electron chi connectivity index (χ1n) is 7.82. The Kier molecular flexibility index (Phi) is 5.51. The summed E-state index contributed by atoms with van der Waals surface area (Å²) >= 11 is 0. The van der Waals surface area contributed by atoms with Gasteiger partial charge in [-0.2, -0.15) is 0 Å². The first-order chi connectivity index (χ1) is 10.5. The summed E-state index contributed by atoms with van der Waals surface area (Å²) < 4.78 is 0. The zero-order chi connectivity index (χ0) is 16.1. The van der Waals surface area contributed by atoms with E-state index in [-0.39, 0.29) is 0 Å². The molecule has 0 spiro atoms. The third-order valence-corrected chi connectivity index (χ3v) is 3.78. The summed E-state index contributed by atoms with van der Waals surface area (Å²) in [5, 5.41) is 0. The number of hydrogen-bond donors (Lipinski definition) is 0. The number of nitrogens with zero attached hydrogens (tertiary/aromatic N) is 2. The van der Waals surface area contributed by atoms with Crippen molar-refractivity contribution in [1.29, 1.82) is 0 Å². The van der Waals surface area contributed by atoms with Crippen molar-refractivity contribution in [2.24, 2.45) is 4.99 Å². The van der Waals surface area contributed by atoms with Crippen LogP contribution < -0.4 is 0 Å². The maximum atomic E-state index is 4.93. The molecule has 0 aromatic heterocycles. The normalized spacial score (nSPS) is 12.0. The van der Waals surface area contributed by atoms with Gasteiger partial charge >= 0.3 is 0 Å².